The Morgan fingerprint density at radius 3 is 1.95 bits per heavy atom. The normalized spacial score (nSPS) is 10.7. The van der Waals surface area contributed by atoms with Crippen LogP contribution < -0.4 is 4.74 Å². The summed E-state index contributed by atoms with van der Waals surface area (Å²) in [5, 5.41) is 9.69. The minimum Gasteiger partial charge on any atom is -0.477 e. The second-order valence-electron chi connectivity index (χ2n) is 3.45. The standard InChI is InChI=1S/C11H3F5O3S/c12-5-6(13)8(15)10(9(16)7(5)14)19-3-1-4(11(17)18)20-2-3/h1-2H,(H,17,18). The fourth-order valence-electron chi connectivity index (χ4n) is 1.28. The molecule has 0 fully saturated rings. The molecule has 3 nitrogen and oxygen atoms in total. The molecule has 2 rings (SSSR count). The molecule has 1 N–H and O–H groups in total. The molecule has 0 unspecified atom stereocenters. The summed E-state index contributed by atoms with van der Waals surface area (Å²) in [6, 6.07) is 0.894. The van der Waals surface area contributed by atoms with Gasteiger partial charge in [0.15, 0.2) is 0 Å². The summed E-state index contributed by atoms with van der Waals surface area (Å²) in [5.74, 6) is -14.0. The van der Waals surface area contributed by atoms with Crippen molar-refractivity contribution in [2.45, 2.75) is 0 Å². The number of benzene rings is 1. The van der Waals surface area contributed by atoms with Crippen LogP contribution in [0, 0.1) is 29.1 Å². The van der Waals surface area contributed by atoms with Gasteiger partial charge >= 0.3 is 5.97 Å². The number of hydrogen-bond donors (Lipinski definition) is 1. The van der Waals surface area contributed by atoms with E-state index in [1.807, 2.05) is 0 Å². The predicted octanol–water partition coefficient (Wildman–Crippen LogP) is 3.93. The third-order valence-electron chi connectivity index (χ3n) is 2.18. The smallest absolute Gasteiger partial charge is 0.346 e. The molecule has 0 radical (unpaired) electrons. The summed E-state index contributed by atoms with van der Waals surface area (Å²) >= 11 is 0.669. The van der Waals surface area contributed by atoms with Gasteiger partial charge in [0.25, 0.3) is 0 Å². The van der Waals surface area contributed by atoms with Crippen LogP contribution in [0.5, 0.6) is 11.5 Å². The number of rotatable bonds is 3. The minimum atomic E-state index is -2.30. The molecule has 0 spiro atoms. The zero-order valence-electron chi connectivity index (χ0n) is 9.22. The highest BCUT2D eigenvalue weighted by Gasteiger charge is 2.27. The largest absolute Gasteiger partial charge is 0.477 e. The first kappa shape index (κ1) is 14.3. The van der Waals surface area contributed by atoms with Gasteiger partial charge in [-0.2, -0.15) is 8.78 Å². The Morgan fingerprint density at radius 1 is 1.00 bits per heavy atom. The van der Waals surface area contributed by atoms with Crippen LogP contribution in [0.3, 0.4) is 0 Å². The summed E-state index contributed by atoms with van der Waals surface area (Å²) < 4.78 is 69.7. The van der Waals surface area contributed by atoms with Gasteiger partial charge in [-0.15, -0.1) is 11.3 Å². The number of halogens is 5. The maximum Gasteiger partial charge on any atom is 0.346 e. The topological polar surface area (TPSA) is 46.5 Å². The van der Waals surface area contributed by atoms with Crippen molar-refractivity contribution in [2.24, 2.45) is 0 Å². The maximum atomic E-state index is 13.3. The van der Waals surface area contributed by atoms with Crippen molar-refractivity contribution >= 4 is 17.3 Å². The SMILES string of the molecule is O=C(O)c1cc(Oc2c(F)c(F)c(F)c(F)c2F)cs1. The summed E-state index contributed by atoms with van der Waals surface area (Å²) in [4.78, 5) is 10.4. The van der Waals surface area contributed by atoms with Crippen molar-refractivity contribution in [1.29, 1.82) is 0 Å². The van der Waals surface area contributed by atoms with E-state index >= 15 is 0 Å². The highest BCUT2D eigenvalue weighted by atomic mass is 32.1. The Morgan fingerprint density at radius 2 is 1.50 bits per heavy atom. The molecule has 0 bridgehead atoms. The number of hydrogen-bond acceptors (Lipinski definition) is 3. The number of ether oxygens (including phenoxy) is 1. The lowest BCUT2D eigenvalue weighted by atomic mass is 10.2. The van der Waals surface area contributed by atoms with E-state index in [0.29, 0.717) is 11.3 Å². The van der Waals surface area contributed by atoms with Gasteiger partial charge in [0.2, 0.25) is 34.8 Å². The quantitative estimate of drug-likeness (QED) is 0.531. The molecule has 0 aliphatic heterocycles. The molecule has 1 aromatic carbocycles. The minimum absolute atomic E-state index is 0.219. The van der Waals surface area contributed by atoms with E-state index in [1.165, 1.54) is 0 Å². The highest BCUT2D eigenvalue weighted by Crippen LogP contribution is 2.34. The van der Waals surface area contributed by atoms with Crippen molar-refractivity contribution in [2.75, 3.05) is 0 Å². The molecular weight excluding hydrogens is 307 g/mol. The first-order valence-corrected chi connectivity index (χ1v) is 5.72. The van der Waals surface area contributed by atoms with Gasteiger partial charge in [-0.05, 0) is 0 Å². The fraction of sp³-hybridized carbons (Fsp3) is 0. The van der Waals surface area contributed by atoms with Crippen LogP contribution in [-0.2, 0) is 0 Å². The molecule has 0 saturated heterocycles. The van der Waals surface area contributed by atoms with Crippen molar-refractivity contribution in [1.82, 2.24) is 0 Å². The van der Waals surface area contributed by atoms with E-state index in [-0.39, 0.29) is 10.6 Å². The molecule has 1 aromatic heterocycles. The number of carbonyl (C=O) groups is 1. The molecule has 2 aromatic rings. The van der Waals surface area contributed by atoms with Crippen LogP contribution in [0.25, 0.3) is 0 Å². The number of carboxylic acid groups (broad SMARTS) is 1. The van der Waals surface area contributed by atoms with Gasteiger partial charge in [0.1, 0.15) is 10.6 Å². The van der Waals surface area contributed by atoms with Gasteiger partial charge in [-0.25, -0.2) is 18.0 Å². The summed E-state index contributed by atoms with van der Waals surface area (Å²) in [6.07, 6.45) is 0. The Hall–Kier alpha value is -2.16. The Labute approximate surface area is 111 Å². The molecule has 1 heterocycles. The van der Waals surface area contributed by atoms with Crippen molar-refractivity contribution in [3.05, 3.63) is 45.4 Å². The van der Waals surface area contributed by atoms with E-state index in [9.17, 15) is 26.7 Å². The average molecular weight is 310 g/mol. The van der Waals surface area contributed by atoms with Gasteiger partial charge in [-0.3, -0.25) is 0 Å². The lowest BCUT2D eigenvalue weighted by molar-refractivity contribution is 0.0702. The molecule has 0 amide bonds. The third-order valence-corrected chi connectivity index (χ3v) is 3.07. The van der Waals surface area contributed by atoms with E-state index < -0.39 is 40.8 Å². The molecule has 0 aliphatic rings. The second-order valence-corrected chi connectivity index (χ2v) is 4.36. The first-order valence-electron chi connectivity index (χ1n) is 4.84. The zero-order chi connectivity index (χ0) is 15.0. The van der Waals surface area contributed by atoms with Crippen LogP contribution in [0.1, 0.15) is 9.67 Å². The Kier molecular flexibility index (Phi) is 3.62. The van der Waals surface area contributed by atoms with Crippen LogP contribution in [-0.4, -0.2) is 11.1 Å². The van der Waals surface area contributed by atoms with Crippen molar-refractivity contribution in [3.63, 3.8) is 0 Å². The zero-order valence-corrected chi connectivity index (χ0v) is 10.0. The van der Waals surface area contributed by atoms with E-state index in [0.717, 1.165) is 11.4 Å². The summed E-state index contributed by atoms with van der Waals surface area (Å²) in [7, 11) is 0. The van der Waals surface area contributed by atoms with E-state index in [1.54, 1.807) is 0 Å². The molecule has 0 atom stereocenters. The Balaban J connectivity index is 2.45. The highest BCUT2D eigenvalue weighted by molar-refractivity contribution is 7.12. The molecule has 9 heteroatoms. The van der Waals surface area contributed by atoms with E-state index in [4.69, 9.17) is 5.11 Å². The monoisotopic (exact) mass is 310 g/mol. The van der Waals surface area contributed by atoms with Crippen molar-refractivity contribution < 1.29 is 36.6 Å². The number of aromatic carboxylic acids is 1. The predicted molar refractivity (Wildman–Crippen MR) is 57.6 cm³/mol. The Bertz CT molecular complexity index is 669. The van der Waals surface area contributed by atoms with E-state index in [2.05, 4.69) is 4.74 Å². The van der Waals surface area contributed by atoms with Crippen molar-refractivity contribution in [3.8, 4) is 11.5 Å². The van der Waals surface area contributed by atoms with Crippen LogP contribution >= 0.6 is 11.3 Å². The molecule has 0 aliphatic carbocycles. The van der Waals surface area contributed by atoms with Gasteiger partial charge < -0.3 is 9.84 Å². The molecular formula is C11H3F5O3S. The summed E-state index contributed by atoms with van der Waals surface area (Å²) in [6.45, 7) is 0. The number of thiophene rings is 1. The lowest BCUT2D eigenvalue weighted by Crippen LogP contribution is -2.03. The maximum absolute atomic E-state index is 13.3. The number of carboxylic acids is 1. The van der Waals surface area contributed by atoms with Crippen LogP contribution in [0.4, 0.5) is 22.0 Å². The molecule has 0 saturated carbocycles. The molecule has 106 valence electrons. The third kappa shape index (κ3) is 2.31. The molecule has 20 heavy (non-hydrogen) atoms. The van der Waals surface area contributed by atoms with Gasteiger partial charge in [0.05, 0.1) is 0 Å². The fourth-order valence-corrected chi connectivity index (χ4v) is 1.92. The summed E-state index contributed by atoms with van der Waals surface area (Å²) in [5.41, 5.74) is 0. The average Bonchev–Trinajstić information content (AvgIpc) is 2.88. The van der Waals surface area contributed by atoms with Crippen LogP contribution in [0.15, 0.2) is 11.4 Å². The second kappa shape index (κ2) is 5.08. The lowest BCUT2D eigenvalue weighted by Gasteiger charge is -2.08. The van der Waals surface area contributed by atoms with Crippen LogP contribution in [0.2, 0.25) is 0 Å². The first-order chi connectivity index (χ1) is 9.32. The van der Waals surface area contributed by atoms with Gasteiger partial charge in [0, 0.05) is 11.4 Å². The van der Waals surface area contributed by atoms with Gasteiger partial charge in [-0.1, -0.05) is 0 Å².